The highest BCUT2D eigenvalue weighted by molar-refractivity contribution is 7.80. The molecule has 0 bridgehead atoms. The van der Waals surface area contributed by atoms with E-state index in [0.29, 0.717) is 16.4 Å². The van der Waals surface area contributed by atoms with Crippen LogP contribution in [-0.4, -0.2) is 16.7 Å². The van der Waals surface area contributed by atoms with Gasteiger partial charge in [0.2, 0.25) is 0 Å². The lowest BCUT2D eigenvalue weighted by Gasteiger charge is -1.85. The number of carbonyl (C=O) groups excluding carboxylic acids is 2. The molecule has 0 aliphatic carbocycles. The summed E-state index contributed by atoms with van der Waals surface area (Å²) >= 11 is 3.97. The van der Waals surface area contributed by atoms with E-state index in [-0.39, 0.29) is 0 Å². The van der Waals surface area contributed by atoms with Crippen LogP contribution in [0.15, 0.2) is 11.1 Å². The molecule has 0 fully saturated rings. The fraction of sp³-hybridized carbons (Fsp3) is 0. The van der Waals surface area contributed by atoms with Gasteiger partial charge in [-0.3, -0.25) is 9.59 Å². The van der Waals surface area contributed by atoms with Gasteiger partial charge in [-0.15, -0.1) is 12.6 Å². The number of Topliss-reactive ketones (excluding diaryl/α,β-unsaturated/α-hetero) is 1. The van der Waals surface area contributed by atoms with Crippen LogP contribution in [0.3, 0.4) is 0 Å². The van der Waals surface area contributed by atoms with Crippen molar-refractivity contribution in [2.75, 3.05) is 5.32 Å². The molecule has 1 amide bonds. The van der Waals surface area contributed by atoms with Crippen LogP contribution in [0.5, 0.6) is 0 Å². The van der Waals surface area contributed by atoms with Gasteiger partial charge in [-0.1, -0.05) is 0 Å². The third-order valence-electron chi connectivity index (χ3n) is 1.48. The first kappa shape index (κ1) is 6.48. The van der Waals surface area contributed by atoms with E-state index in [0.717, 1.165) is 0 Å². The van der Waals surface area contributed by atoms with E-state index < -0.39 is 11.7 Å². The number of H-pyrrole nitrogens is 1. The molecular formula is C6H4N2O2S. The second-order valence-corrected chi connectivity index (χ2v) is 2.71. The molecule has 4 nitrogen and oxygen atoms in total. The van der Waals surface area contributed by atoms with Gasteiger partial charge in [0.05, 0.1) is 10.7 Å². The van der Waals surface area contributed by atoms with E-state index in [9.17, 15) is 9.59 Å². The van der Waals surface area contributed by atoms with Crippen LogP contribution in [-0.2, 0) is 4.79 Å². The van der Waals surface area contributed by atoms with Crippen molar-refractivity contribution in [3.05, 3.63) is 11.8 Å². The zero-order valence-electron chi connectivity index (χ0n) is 5.34. The molecule has 1 aromatic heterocycles. The minimum absolute atomic E-state index is 0.306. The number of hydrogen-bond donors (Lipinski definition) is 3. The van der Waals surface area contributed by atoms with Crippen LogP contribution in [0.2, 0.25) is 0 Å². The molecule has 0 aromatic carbocycles. The Hall–Kier alpha value is -1.23. The van der Waals surface area contributed by atoms with E-state index in [4.69, 9.17) is 0 Å². The van der Waals surface area contributed by atoms with E-state index in [1.807, 2.05) is 0 Å². The molecule has 2 rings (SSSR count). The monoisotopic (exact) mass is 168 g/mol. The van der Waals surface area contributed by atoms with Crippen molar-refractivity contribution in [3.63, 3.8) is 0 Å². The van der Waals surface area contributed by atoms with Crippen LogP contribution in [0.4, 0.5) is 5.69 Å². The van der Waals surface area contributed by atoms with Crippen molar-refractivity contribution in [1.29, 1.82) is 0 Å². The molecule has 56 valence electrons. The summed E-state index contributed by atoms with van der Waals surface area (Å²) in [7, 11) is 0. The number of thiol groups is 1. The van der Waals surface area contributed by atoms with E-state index in [2.05, 4.69) is 22.9 Å². The molecule has 0 atom stereocenters. The molecule has 1 aliphatic rings. The third kappa shape index (κ3) is 0.775. The first-order valence-electron chi connectivity index (χ1n) is 2.96. The molecule has 11 heavy (non-hydrogen) atoms. The average molecular weight is 168 g/mol. The second kappa shape index (κ2) is 1.88. The maximum atomic E-state index is 10.9. The number of nitrogens with one attached hydrogen (secondary N) is 2. The number of aromatic amines is 1. The van der Waals surface area contributed by atoms with Gasteiger partial charge in [0, 0.05) is 0 Å². The summed E-state index contributed by atoms with van der Waals surface area (Å²) in [5, 5.41) is 2.97. The standard InChI is InChI=1S/C6H4N2O2S/c9-5-4-2(7-6(5)10)1-3(11)8-4/h1,8,11H,(H,7,9,10). The Labute approximate surface area is 67.4 Å². The molecule has 2 heterocycles. The first-order valence-corrected chi connectivity index (χ1v) is 3.41. The average Bonchev–Trinajstić information content (AvgIpc) is 2.37. The smallest absolute Gasteiger partial charge is 0.298 e. The number of rotatable bonds is 0. The topological polar surface area (TPSA) is 62.0 Å². The second-order valence-electron chi connectivity index (χ2n) is 2.23. The number of hydrogen-bond acceptors (Lipinski definition) is 3. The van der Waals surface area contributed by atoms with Crippen LogP contribution in [0.1, 0.15) is 10.5 Å². The highest BCUT2D eigenvalue weighted by atomic mass is 32.1. The summed E-state index contributed by atoms with van der Waals surface area (Å²) < 4.78 is 0. The highest BCUT2D eigenvalue weighted by Crippen LogP contribution is 2.24. The van der Waals surface area contributed by atoms with Crippen molar-refractivity contribution in [2.24, 2.45) is 0 Å². The van der Waals surface area contributed by atoms with Crippen LogP contribution in [0.25, 0.3) is 0 Å². The van der Waals surface area contributed by atoms with Crippen LogP contribution in [0, 0.1) is 0 Å². The maximum absolute atomic E-state index is 10.9. The zero-order valence-corrected chi connectivity index (χ0v) is 6.24. The predicted octanol–water partition coefficient (Wildman–Crippen LogP) is 0.438. The summed E-state index contributed by atoms with van der Waals surface area (Å²) in [6, 6.07) is 1.60. The van der Waals surface area contributed by atoms with E-state index in [1.54, 1.807) is 6.07 Å². The van der Waals surface area contributed by atoms with Crippen molar-refractivity contribution in [3.8, 4) is 0 Å². The number of aromatic nitrogens is 1. The number of amides is 1. The minimum atomic E-state index is -0.584. The van der Waals surface area contributed by atoms with Crippen molar-refractivity contribution in [2.45, 2.75) is 5.03 Å². The lowest BCUT2D eigenvalue weighted by atomic mass is 10.3. The minimum Gasteiger partial charge on any atom is -0.345 e. The molecule has 1 aliphatic heterocycles. The third-order valence-corrected chi connectivity index (χ3v) is 1.73. The predicted molar refractivity (Wildman–Crippen MR) is 41.0 cm³/mol. The fourth-order valence-corrected chi connectivity index (χ4v) is 1.25. The van der Waals surface area contributed by atoms with Crippen LogP contribution >= 0.6 is 12.6 Å². The van der Waals surface area contributed by atoms with Crippen LogP contribution < -0.4 is 5.32 Å². The maximum Gasteiger partial charge on any atom is 0.298 e. The Morgan fingerprint density at radius 3 is 2.73 bits per heavy atom. The Kier molecular flexibility index (Phi) is 1.11. The number of carbonyl (C=O) groups is 2. The summed E-state index contributed by atoms with van der Waals surface area (Å²) in [6.45, 7) is 0. The van der Waals surface area contributed by atoms with E-state index >= 15 is 0 Å². The zero-order chi connectivity index (χ0) is 8.01. The molecule has 0 radical (unpaired) electrons. The number of fused-ring (bicyclic) bond motifs is 1. The van der Waals surface area contributed by atoms with Gasteiger partial charge in [-0.25, -0.2) is 0 Å². The Bertz CT molecular complexity index is 355. The fourth-order valence-electron chi connectivity index (χ4n) is 1.01. The molecular weight excluding hydrogens is 164 g/mol. The quantitative estimate of drug-likeness (QED) is 0.389. The molecule has 0 saturated heterocycles. The van der Waals surface area contributed by atoms with Gasteiger partial charge in [-0.05, 0) is 6.07 Å². The Morgan fingerprint density at radius 1 is 1.36 bits per heavy atom. The van der Waals surface area contributed by atoms with Gasteiger partial charge in [0.15, 0.2) is 0 Å². The Balaban J connectivity index is 2.60. The summed E-state index contributed by atoms with van der Waals surface area (Å²) in [5.74, 6) is -1.11. The highest BCUT2D eigenvalue weighted by Gasteiger charge is 2.29. The molecule has 5 heteroatoms. The lowest BCUT2D eigenvalue weighted by molar-refractivity contribution is -0.112. The lowest BCUT2D eigenvalue weighted by Crippen LogP contribution is -2.13. The van der Waals surface area contributed by atoms with E-state index in [1.165, 1.54) is 0 Å². The molecule has 0 spiro atoms. The molecule has 2 N–H and O–H groups in total. The Morgan fingerprint density at radius 2 is 2.09 bits per heavy atom. The van der Waals surface area contributed by atoms with Crippen molar-refractivity contribution in [1.82, 2.24) is 4.98 Å². The van der Waals surface area contributed by atoms with Crippen molar-refractivity contribution >= 4 is 30.0 Å². The van der Waals surface area contributed by atoms with Gasteiger partial charge in [0.25, 0.3) is 11.7 Å². The number of anilines is 1. The van der Waals surface area contributed by atoms with Gasteiger partial charge in [0.1, 0.15) is 5.69 Å². The molecule has 0 saturated carbocycles. The van der Waals surface area contributed by atoms with Gasteiger partial charge in [-0.2, -0.15) is 0 Å². The van der Waals surface area contributed by atoms with Gasteiger partial charge >= 0.3 is 0 Å². The summed E-state index contributed by atoms with van der Waals surface area (Å²) in [6.07, 6.45) is 0. The molecule has 0 unspecified atom stereocenters. The summed E-state index contributed by atoms with van der Waals surface area (Å²) in [4.78, 5) is 24.3. The SMILES string of the molecule is O=C1Nc2cc(S)[nH]c2C1=O. The number of ketones is 1. The first-order chi connectivity index (χ1) is 5.18. The summed E-state index contributed by atoms with van der Waals surface area (Å²) in [5.41, 5.74) is 0.824. The normalized spacial score (nSPS) is 15.0. The van der Waals surface area contributed by atoms with Gasteiger partial charge < -0.3 is 10.3 Å². The molecule has 1 aromatic rings. The largest absolute Gasteiger partial charge is 0.345 e. The van der Waals surface area contributed by atoms with Crippen molar-refractivity contribution < 1.29 is 9.59 Å².